The first-order valence-corrected chi connectivity index (χ1v) is 6.61. The topological polar surface area (TPSA) is 119 Å². The smallest absolute Gasteiger partial charge is 0.326 e. The van der Waals surface area contributed by atoms with Gasteiger partial charge in [-0.2, -0.15) is 0 Å². The molecule has 116 valence electrons. The number of aromatic hydroxyl groups is 2. The fraction of sp³-hybridized carbons (Fsp3) is 0.429. The summed E-state index contributed by atoms with van der Waals surface area (Å²) in [6.07, 6.45) is 0.890. The zero-order chi connectivity index (χ0) is 15.8. The number of nitrogens with one attached hydrogen (secondary N) is 2. The molecule has 0 unspecified atom stereocenters. The summed E-state index contributed by atoms with van der Waals surface area (Å²) in [4.78, 5) is 22.8. The normalized spacial score (nSPS) is 11.9. The highest BCUT2D eigenvalue weighted by molar-refractivity contribution is 5.83. The largest absolute Gasteiger partial charge is 0.504 e. The molecule has 21 heavy (non-hydrogen) atoms. The van der Waals surface area contributed by atoms with Gasteiger partial charge in [0.1, 0.15) is 6.04 Å². The molecule has 7 heteroatoms. The van der Waals surface area contributed by atoms with Crippen LogP contribution in [0.15, 0.2) is 18.2 Å². The van der Waals surface area contributed by atoms with E-state index < -0.39 is 12.0 Å². The maximum absolute atomic E-state index is 11.7. The lowest BCUT2D eigenvalue weighted by Crippen LogP contribution is -2.42. The number of carbonyl (C=O) groups is 2. The molecule has 5 N–H and O–H groups in total. The molecule has 1 aromatic rings. The molecule has 1 aromatic carbocycles. The van der Waals surface area contributed by atoms with Crippen LogP contribution in [0.3, 0.4) is 0 Å². The van der Waals surface area contributed by atoms with Crippen LogP contribution in [-0.4, -0.2) is 46.8 Å². The molecule has 0 heterocycles. The monoisotopic (exact) mass is 296 g/mol. The number of phenolic OH excluding ortho intramolecular Hbond substituents is 2. The Morgan fingerprint density at radius 2 is 1.95 bits per heavy atom. The molecule has 0 aliphatic carbocycles. The first-order valence-electron chi connectivity index (χ1n) is 6.61. The van der Waals surface area contributed by atoms with Crippen molar-refractivity contribution in [2.24, 2.45) is 0 Å². The highest BCUT2D eigenvalue weighted by atomic mass is 16.4. The van der Waals surface area contributed by atoms with Gasteiger partial charge in [0.2, 0.25) is 5.91 Å². The van der Waals surface area contributed by atoms with E-state index in [0.717, 1.165) is 0 Å². The summed E-state index contributed by atoms with van der Waals surface area (Å²) in [7, 11) is 1.77. The van der Waals surface area contributed by atoms with E-state index in [0.29, 0.717) is 18.5 Å². The van der Waals surface area contributed by atoms with Crippen molar-refractivity contribution in [1.82, 2.24) is 10.6 Å². The van der Waals surface area contributed by atoms with Crippen LogP contribution in [0.4, 0.5) is 0 Å². The lowest BCUT2D eigenvalue weighted by Gasteiger charge is -2.15. The Morgan fingerprint density at radius 1 is 1.24 bits per heavy atom. The molecule has 0 aliphatic heterocycles. The zero-order valence-corrected chi connectivity index (χ0v) is 11.8. The Labute approximate surface area is 122 Å². The summed E-state index contributed by atoms with van der Waals surface area (Å²) in [5, 5.41) is 33.1. The highest BCUT2D eigenvalue weighted by Gasteiger charge is 2.20. The van der Waals surface area contributed by atoms with Crippen LogP contribution >= 0.6 is 0 Å². The predicted octanol–water partition coefficient (Wildman–Crippen LogP) is 0.209. The molecule has 0 aromatic heterocycles. The third-order valence-corrected chi connectivity index (χ3v) is 2.94. The Morgan fingerprint density at radius 3 is 2.52 bits per heavy atom. The molecule has 0 bridgehead atoms. The van der Waals surface area contributed by atoms with Crippen molar-refractivity contribution in [3.8, 4) is 11.5 Å². The molecule has 0 radical (unpaired) electrons. The molecule has 0 spiro atoms. The van der Waals surface area contributed by atoms with E-state index in [1.807, 2.05) is 0 Å². The van der Waals surface area contributed by atoms with E-state index in [2.05, 4.69) is 10.6 Å². The van der Waals surface area contributed by atoms with E-state index in [4.69, 9.17) is 5.11 Å². The average Bonchev–Trinajstić information content (AvgIpc) is 2.42. The van der Waals surface area contributed by atoms with Crippen molar-refractivity contribution in [2.75, 3.05) is 13.6 Å². The number of rotatable bonds is 8. The van der Waals surface area contributed by atoms with Crippen LogP contribution in [0.2, 0.25) is 0 Å². The van der Waals surface area contributed by atoms with E-state index in [1.54, 1.807) is 7.05 Å². The van der Waals surface area contributed by atoms with Crippen LogP contribution in [-0.2, 0) is 16.0 Å². The second kappa shape index (κ2) is 8.11. The number of benzene rings is 1. The number of carboxylic acid groups (broad SMARTS) is 1. The quantitative estimate of drug-likeness (QED) is 0.345. The summed E-state index contributed by atoms with van der Waals surface area (Å²) < 4.78 is 0. The zero-order valence-electron chi connectivity index (χ0n) is 11.8. The summed E-state index contributed by atoms with van der Waals surface area (Å²) >= 11 is 0. The number of phenols is 2. The van der Waals surface area contributed by atoms with E-state index in [-0.39, 0.29) is 30.2 Å². The second-order valence-electron chi connectivity index (χ2n) is 4.69. The minimum Gasteiger partial charge on any atom is -0.504 e. The van der Waals surface area contributed by atoms with Gasteiger partial charge in [-0.25, -0.2) is 4.79 Å². The van der Waals surface area contributed by atoms with Crippen LogP contribution in [0.5, 0.6) is 11.5 Å². The van der Waals surface area contributed by atoms with Gasteiger partial charge in [0.25, 0.3) is 0 Å². The summed E-state index contributed by atoms with van der Waals surface area (Å²) in [5.74, 6) is -2.08. The van der Waals surface area contributed by atoms with Crippen molar-refractivity contribution in [2.45, 2.75) is 25.3 Å². The Kier molecular flexibility index (Phi) is 6.48. The van der Waals surface area contributed by atoms with Crippen LogP contribution in [0, 0.1) is 0 Å². The third kappa shape index (κ3) is 5.70. The summed E-state index contributed by atoms with van der Waals surface area (Å²) in [6.45, 7) is 0.678. The standard InChI is InChI=1S/C14H20N2O5/c1-15-6-2-3-13(19)16-10(14(20)21)7-9-4-5-11(17)12(18)8-9/h4-5,8,10,15,17-18H,2-3,6-7H2,1H3,(H,16,19)(H,20,21)/t10-/m0/s1. The molecule has 0 saturated carbocycles. The van der Waals surface area contributed by atoms with Crippen molar-refractivity contribution >= 4 is 11.9 Å². The molecule has 7 nitrogen and oxygen atoms in total. The van der Waals surface area contributed by atoms with Gasteiger partial charge in [0.15, 0.2) is 11.5 Å². The highest BCUT2D eigenvalue weighted by Crippen LogP contribution is 2.25. The van der Waals surface area contributed by atoms with Crippen molar-refractivity contribution in [3.05, 3.63) is 23.8 Å². The minimum absolute atomic E-state index is 0.0287. The minimum atomic E-state index is -1.15. The lowest BCUT2D eigenvalue weighted by atomic mass is 10.0. The van der Waals surface area contributed by atoms with Gasteiger partial charge in [-0.15, -0.1) is 0 Å². The third-order valence-electron chi connectivity index (χ3n) is 2.94. The molecular formula is C14H20N2O5. The number of hydrogen-bond donors (Lipinski definition) is 5. The molecule has 1 amide bonds. The first kappa shape index (κ1) is 16.8. The Bertz CT molecular complexity index is 504. The van der Waals surface area contributed by atoms with Gasteiger partial charge < -0.3 is 26.0 Å². The molecule has 0 saturated heterocycles. The van der Waals surface area contributed by atoms with Crippen molar-refractivity contribution in [1.29, 1.82) is 0 Å². The summed E-state index contributed by atoms with van der Waals surface area (Å²) in [5.41, 5.74) is 0.508. The molecule has 0 fully saturated rings. The number of amides is 1. The van der Waals surface area contributed by atoms with E-state index in [9.17, 15) is 19.8 Å². The number of carbonyl (C=O) groups excluding carboxylic acids is 1. The average molecular weight is 296 g/mol. The number of aliphatic carboxylic acids is 1. The molecule has 1 atom stereocenters. The van der Waals surface area contributed by atoms with Gasteiger partial charge in [-0.1, -0.05) is 6.07 Å². The maximum Gasteiger partial charge on any atom is 0.326 e. The molecular weight excluding hydrogens is 276 g/mol. The fourth-order valence-corrected chi connectivity index (χ4v) is 1.82. The van der Waals surface area contributed by atoms with Gasteiger partial charge in [-0.3, -0.25) is 4.79 Å². The van der Waals surface area contributed by atoms with Crippen molar-refractivity contribution < 1.29 is 24.9 Å². The van der Waals surface area contributed by atoms with Gasteiger partial charge in [0.05, 0.1) is 0 Å². The molecule has 0 aliphatic rings. The lowest BCUT2D eigenvalue weighted by molar-refractivity contribution is -0.141. The second-order valence-corrected chi connectivity index (χ2v) is 4.69. The Balaban J connectivity index is 2.63. The van der Waals surface area contributed by atoms with Gasteiger partial charge in [0, 0.05) is 12.8 Å². The maximum atomic E-state index is 11.7. The predicted molar refractivity (Wildman–Crippen MR) is 76.2 cm³/mol. The summed E-state index contributed by atoms with van der Waals surface area (Å²) in [6, 6.07) is 2.98. The Hall–Kier alpha value is -2.28. The SMILES string of the molecule is CNCCCC(=O)N[C@@H](Cc1ccc(O)c(O)c1)C(=O)O. The van der Waals surface area contributed by atoms with E-state index >= 15 is 0 Å². The molecule has 1 rings (SSSR count). The van der Waals surface area contributed by atoms with Crippen molar-refractivity contribution in [3.63, 3.8) is 0 Å². The first-order chi connectivity index (χ1) is 9.93. The van der Waals surface area contributed by atoms with E-state index in [1.165, 1.54) is 18.2 Å². The van der Waals surface area contributed by atoms with Gasteiger partial charge >= 0.3 is 5.97 Å². The fourth-order valence-electron chi connectivity index (χ4n) is 1.82. The van der Waals surface area contributed by atoms with Crippen LogP contribution in [0.25, 0.3) is 0 Å². The van der Waals surface area contributed by atoms with Gasteiger partial charge in [-0.05, 0) is 37.7 Å². The number of carboxylic acids is 1. The number of hydrogen-bond acceptors (Lipinski definition) is 5. The van der Waals surface area contributed by atoms with Crippen LogP contribution in [0.1, 0.15) is 18.4 Å². The van der Waals surface area contributed by atoms with Crippen LogP contribution < -0.4 is 10.6 Å².